The summed E-state index contributed by atoms with van der Waals surface area (Å²) in [6.45, 7) is 5.85. The Balaban J connectivity index is 1.46. The molecule has 0 spiro atoms. The third-order valence-corrected chi connectivity index (χ3v) is 6.52. The Bertz CT molecular complexity index is 857. The van der Waals surface area contributed by atoms with E-state index in [9.17, 15) is 9.59 Å². The van der Waals surface area contributed by atoms with E-state index in [0.717, 1.165) is 61.8 Å². The van der Waals surface area contributed by atoms with Crippen LogP contribution in [-0.2, 0) is 9.53 Å². The molecule has 1 aliphatic heterocycles. The molecule has 1 atom stereocenters. The number of nitrogens with zero attached hydrogens (tertiary/aromatic N) is 1. The van der Waals surface area contributed by atoms with Crippen LogP contribution in [0.25, 0.3) is 0 Å². The second-order valence-electron chi connectivity index (χ2n) is 7.74. The van der Waals surface area contributed by atoms with Gasteiger partial charge in [-0.1, -0.05) is 30.3 Å². The van der Waals surface area contributed by atoms with Crippen molar-refractivity contribution in [2.24, 2.45) is 5.92 Å². The Morgan fingerprint density at radius 2 is 1.93 bits per heavy atom. The summed E-state index contributed by atoms with van der Waals surface area (Å²) in [5.74, 6) is 0.111. The van der Waals surface area contributed by atoms with Crippen LogP contribution in [0.2, 0.25) is 0 Å². The first-order valence-electron chi connectivity index (χ1n) is 10.2. The number of anilines is 1. The molecule has 154 valence electrons. The second-order valence-corrected chi connectivity index (χ2v) is 8.79. The van der Waals surface area contributed by atoms with Gasteiger partial charge in [0.1, 0.15) is 0 Å². The standard InChI is InChI=1S/C22H27N3O3S/c1-15-13-19(24-21(26)17-7-8-17)29-20(15)22(27)23-18(16-5-3-2-4-6-16)14-25-9-11-28-12-10-25/h2-6,13,17-18H,7-12,14H2,1H3,(H,23,27)(H,24,26). The van der Waals surface area contributed by atoms with Crippen molar-refractivity contribution in [3.8, 4) is 0 Å². The maximum Gasteiger partial charge on any atom is 0.262 e. The Kier molecular flexibility index (Phi) is 6.28. The largest absolute Gasteiger partial charge is 0.379 e. The number of hydrogen-bond donors (Lipinski definition) is 2. The Hall–Kier alpha value is -2.22. The highest BCUT2D eigenvalue weighted by atomic mass is 32.1. The molecule has 1 unspecified atom stereocenters. The first-order chi connectivity index (χ1) is 14.1. The van der Waals surface area contributed by atoms with Gasteiger partial charge < -0.3 is 15.4 Å². The van der Waals surface area contributed by atoms with Gasteiger partial charge >= 0.3 is 0 Å². The van der Waals surface area contributed by atoms with Crippen LogP contribution in [0.4, 0.5) is 5.00 Å². The summed E-state index contributed by atoms with van der Waals surface area (Å²) in [5.41, 5.74) is 1.97. The average molecular weight is 414 g/mol. The minimum absolute atomic E-state index is 0.0627. The predicted molar refractivity (Wildman–Crippen MR) is 114 cm³/mol. The van der Waals surface area contributed by atoms with Gasteiger partial charge in [0, 0.05) is 25.6 Å². The molecule has 29 heavy (non-hydrogen) atoms. The SMILES string of the molecule is Cc1cc(NC(=O)C2CC2)sc1C(=O)NC(CN1CCOCC1)c1ccccc1. The summed E-state index contributed by atoms with van der Waals surface area (Å²) in [5, 5.41) is 6.91. The van der Waals surface area contributed by atoms with E-state index in [0.29, 0.717) is 4.88 Å². The lowest BCUT2D eigenvalue weighted by atomic mass is 10.1. The summed E-state index contributed by atoms with van der Waals surface area (Å²) in [6.07, 6.45) is 1.92. The Morgan fingerprint density at radius 3 is 2.62 bits per heavy atom. The van der Waals surface area contributed by atoms with Gasteiger partial charge in [-0.2, -0.15) is 0 Å². The van der Waals surface area contributed by atoms with E-state index in [2.05, 4.69) is 15.5 Å². The quantitative estimate of drug-likeness (QED) is 0.731. The van der Waals surface area contributed by atoms with Crippen molar-refractivity contribution in [2.45, 2.75) is 25.8 Å². The number of hydrogen-bond acceptors (Lipinski definition) is 5. The molecule has 1 saturated heterocycles. The molecule has 1 saturated carbocycles. The molecule has 2 N–H and O–H groups in total. The van der Waals surface area contributed by atoms with E-state index in [1.54, 1.807) is 0 Å². The molecule has 2 aliphatic rings. The van der Waals surface area contributed by atoms with Gasteiger partial charge in [0.15, 0.2) is 0 Å². The van der Waals surface area contributed by atoms with Gasteiger partial charge in [-0.3, -0.25) is 14.5 Å². The summed E-state index contributed by atoms with van der Waals surface area (Å²) < 4.78 is 5.45. The van der Waals surface area contributed by atoms with Crippen molar-refractivity contribution in [1.29, 1.82) is 0 Å². The van der Waals surface area contributed by atoms with E-state index in [-0.39, 0.29) is 23.8 Å². The van der Waals surface area contributed by atoms with Crippen LogP contribution >= 0.6 is 11.3 Å². The third kappa shape index (κ3) is 5.23. The Morgan fingerprint density at radius 1 is 1.21 bits per heavy atom. The Labute approximate surface area is 175 Å². The maximum absolute atomic E-state index is 13.1. The van der Waals surface area contributed by atoms with Gasteiger partial charge in [-0.15, -0.1) is 11.3 Å². The number of carbonyl (C=O) groups excluding carboxylic acids is 2. The van der Waals surface area contributed by atoms with Gasteiger partial charge in [0.25, 0.3) is 5.91 Å². The zero-order valence-corrected chi connectivity index (χ0v) is 17.5. The molecule has 0 radical (unpaired) electrons. The van der Waals surface area contributed by atoms with E-state index < -0.39 is 0 Å². The zero-order chi connectivity index (χ0) is 20.2. The van der Waals surface area contributed by atoms with E-state index >= 15 is 0 Å². The molecule has 1 aromatic heterocycles. The minimum Gasteiger partial charge on any atom is -0.379 e. The third-order valence-electron chi connectivity index (χ3n) is 5.37. The van der Waals surface area contributed by atoms with Gasteiger partial charge in [0.05, 0.1) is 29.1 Å². The molecule has 1 aromatic carbocycles. The number of aryl methyl sites for hydroxylation is 1. The topological polar surface area (TPSA) is 70.7 Å². The number of rotatable bonds is 7. The molecule has 0 bridgehead atoms. The molecule has 6 nitrogen and oxygen atoms in total. The molecule has 2 heterocycles. The minimum atomic E-state index is -0.104. The summed E-state index contributed by atoms with van der Waals surface area (Å²) in [6, 6.07) is 11.9. The number of benzene rings is 1. The number of thiophene rings is 1. The molecule has 1 aliphatic carbocycles. The molecule has 7 heteroatoms. The highest BCUT2D eigenvalue weighted by molar-refractivity contribution is 7.18. The van der Waals surface area contributed by atoms with Crippen molar-refractivity contribution >= 4 is 28.2 Å². The first-order valence-corrected chi connectivity index (χ1v) is 11.0. The van der Waals surface area contributed by atoms with Crippen molar-refractivity contribution in [3.05, 3.63) is 52.4 Å². The van der Waals surface area contributed by atoms with Crippen molar-refractivity contribution < 1.29 is 14.3 Å². The van der Waals surface area contributed by atoms with Crippen molar-refractivity contribution in [3.63, 3.8) is 0 Å². The highest BCUT2D eigenvalue weighted by Crippen LogP contribution is 2.33. The number of morpholine rings is 1. The maximum atomic E-state index is 13.1. The fourth-order valence-corrected chi connectivity index (χ4v) is 4.50. The average Bonchev–Trinajstić information content (AvgIpc) is 3.52. The van der Waals surface area contributed by atoms with Crippen molar-refractivity contribution in [1.82, 2.24) is 10.2 Å². The van der Waals surface area contributed by atoms with Crippen LogP contribution in [0.3, 0.4) is 0 Å². The zero-order valence-electron chi connectivity index (χ0n) is 16.6. The van der Waals surface area contributed by atoms with Gasteiger partial charge in [-0.25, -0.2) is 0 Å². The molecule has 2 amide bonds. The lowest BCUT2D eigenvalue weighted by molar-refractivity contribution is -0.117. The van der Waals surface area contributed by atoms with Crippen LogP contribution in [0.5, 0.6) is 0 Å². The molecular weight excluding hydrogens is 386 g/mol. The summed E-state index contributed by atoms with van der Waals surface area (Å²) >= 11 is 1.35. The number of ether oxygens (including phenoxy) is 1. The predicted octanol–water partition coefficient (Wildman–Crippen LogP) is 3.21. The normalized spacial score (nSPS) is 18.2. The number of amides is 2. The fraction of sp³-hybridized carbons (Fsp3) is 0.455. The number of carbonyl (C=O) groups is 2. The highest BCUT2D eigenvalue weighted by Gasteiger charge is 2.30. The summed E-state index contributed by atoms with van der Waals surface area (Å²) in [4.78, 5) is 28.1. The fourth-order valence-electron chi connectivity index (χ4n) is 3.52. The monoisotopic (exact) mass is 413 g/mol. The number of nitrogens with one attached hydrogen (secondary N) is 2. The van der Waals surface area contributed by atoms with E-state index in [1.165, 1.54) is 11.3 Å². The molecular formula is C22H27N3O3S. The van der Waals surface area contributed by atoms with Crippen LogP contribution in [0, 0.1) is 12.8 Å². The van der Waals surface area contributed by atoms with Crippen LogP contribution in [0.15, 0.2) is 36.4 Å². The molecule has 2 fully saturated rings. The van der Waals surface area contributed by atoms with Crippen molar-refractivity contribution in [2.75, 3.05) is 38.2 Å². The first kappa shape index (κ1) is 20.1. The van der Waals surface area contributed by atoms with E-state index in [4.69, 9.17) is 4.74 Å². The van der Waals surface area contributed by atoms with Gasteiger partial charge in [0.2, 0.25) is 5.91 Å². The van der Waals surface area contributed by atoms with Crippen LogP contribution in [0.1, 0.15) is 39.7 Å². The molecule has 2 aromatic rings. The lowest BCUT2D eigenvalue weighted by Crippen LogP contribution is -2.43. The second kappa shape index (κ2) is 9.07. The summed E-state index contributed by atoms with van der Waals surface area (Å²) in [7, 11) is 0. The molecule has 4 rings (SSSR count). The van der Waals surface area contributed by atoms with Gasteiger partial charge in [-0.05, 0) is 37.0 Å². The van der Waals surface area contributed by atoms with Crippen LogP contribution in [-0.4, -0.2) is 49.6 Å². The van der Waals surface area contributed by atoms with Crippen LogP contribution < -0.4 is 10.6 Å². The smallest absolute Gasteiger partial charge is 0.262 e. The lowest BCUT2D eigenvalue weighted by Gasteiger charge is -2.31. The van der Waals surface area contributed by atoms with E-state index in [1.807, 2.05) is 43.3 Å².